The summed E-state index contributed by atoms with van der Waals surface area (Å²) in [5.41, 5.74) is 5.78. The van der Waals surface area contributed by atoms with E-state index < -0.39 is 10.0 Å². The molecular formula is C12H10N4O2S. The highest BCUT2D eigenvalue weighted by Gasteiger charge is 2.18. The molecule has 0 amide bonds. The maximum absolute atomic E-state index is 12.1. The van der Waals surface area contributed by atoms with Crippen molar-refractivity contribution in [2.24, 2.45) is 0 Å². The summed E-state index contributed by atoms with van der Waals surface area (Å²) < 4.78 is 26.6. The Morgan fingerprint density at radius 1 is 1.21 bits per heavy atom. The quantitative estimate of drug-likeness (QED) is 0.877. The minimum atomic E-state index is -3.82. The Hall–Kier alpha value is -2.59. The fourth-order valence-corrected chi connectivity index (χ4v) is 2.67. The molecule has 0 bridgehead atoms. The minimum absolute atomic E-state index is 0.0747. The Morgan fingerprint density at radius 2 is 1.95 bits per heavy atom. The second-order valence-electron chi connectivity index (χ2n) is 3.69. The van der Waals surface area contributed by atoms with Gasteiger partial charge in [0.15, 0.2) is 0 Å². The second kappa shape index (κ2) is 4.96. The van der Waals surface area contributed by atoms with Crippen molar-refractivity contribution in [3.05, 3.63) is 48.2 Å². The van der Waals surface area contributed by atoms with Gasteiger partial charge in [-0.2, -0.15) is 5.26 Å². The molecule has 6 nitrogen and oxygen atoms in total. The van der Waals surface area contributed by atoms with Gasteiger partial charge in [-0.05, 0) is 24.3 Å². The summed E-state index contributed by atoms with van der Waals surface area (Å²) in [7, 11) is -3.82. The molecule has 0 saturated carbocycles. The Bertz CT molecular complexity index is 733. The van der Waals surface area contributed by atoms with E-state index in [0.717, 1.165) is 0 Å². The van der Waals surface area contributed by atoms with Crippen molar-refractivity contribution in [2.75, 3.05) is 10.5 Å². The standard InChI is InChI=1S/C12H10N4O2S/c13-7-9-3-1-2-4-11(9)19(17,18)16-10-5-6-12(14)15-8-10/h1-6,8,16H,(H2,14,15). The number of nitrogens with one attached hydrogen (secondary N) is 1. The maximum Gasteiger partial charge on any atom is 0.263 e. The number of benzene rings is 1. The first-order chi connectivity index (χ1) is 9.03. The van der Waals surface area contributed by atoms with Crippen molar-refractivity contribution in [2.45, 2.75) is 4.90 Å². The van der Waals surface area contributed by atoms with Gasteiger partial charge in [-0.15, -0.1) is 0 Å². The predicted octanol–water partition coefficient (Wildman–Crippen LogP) is 1.34. The third kappa shape index (κ3) is 2.81. The van der Waals surface area contributed by atoms with Crippen LogP contribution in [0, 0.1) is 11.3 Å². The molecule has 3 N–H and O–H groups in total. The molecule has 0 radical (unpaired) electrons. The van der Waals surface area contributed by atoms with Crippen LogP contribution in [0.1, 0.15) is 5.56 Å². The van der Waals surface area contributed by atoms with E-state index in [9.17, 15) is 8.42 Å². The molecule has 0 fully saturated rings. The molecule has 96 valence electrons. The van der Waals surface area contributed by atoms with Crippen LogP contribution in [0.25, 0.3) is 0 Å². The molecule has 0 aliphatic carbocycles. The number of pyridine rings is 1. The van der Waals surface area contributed by atoms with E-state index >= 15 is 0 Å². The molecule has 1 aromatic heterocycles. The smallest absolute Gasteiger partial charge is 0.263 e. The lowest BCUT2D eigenvalue weighted by Gasteiger charge is -2.08. The molecule has 0 atom stereocenters. The topological polar surface area (TPSA) is 109 Å². The van der Waals surface area contributed by atoms with Crippen LogP contribution in [0.5, 0.6) is 0 Å². The van der Waals surface area contributed by atoms with Crippen LogP contribution in [-0.2, 0) is 10.0 Å². The van der Waals surface area contributed by atoms with Gasteiger partial charge < -0.3 is 5.73 Å². The SMILES string of the molecule is N#Cc1ccccc1S(=O)(=O)Nc1ccc(N)nc1. The van der Waals surface area contributed by atoms with Crippen molar-refractivity contribution in [3.8, 4) is 6.07 Å². The van der Waals surface area contributed by atoms with Crippen LogP contribution in [0.15, 0.2) is 47.5 Å². The van der Waals surface area contributed by atoms with Crippen LogP contribution >= 0.6 is 0 Å². The molecule has 0 aliphatic heterocycles. The Morgan fingerprint density at radius 3 is 2.58 bits per heavy atom. The summed E-state index contributed by atoms with van der Waals surface area (Å²) in [6, 6.07) is 10.8. The zero-order valence-electron chi connectivity index (χ0n) is 9.74. The highest BCUT2D eigenvalue weighted by molar-refractivity contribution is 7.92. The molecule has 0 saturated heterocycles. The third-order valence-electron chi connectivity index (χ3n) is 2.34. The third-order valence-corrected chi connectivity index (χ3v) is 3.78. The number of rotatable bonds is 3. The number of anilines is 2. The number of sulfonamides is 1. The molecule has 1 heterocycles. The zero-order valence-corrected chi connectivity index (χ0v) is 10.6. The van der Waals surface area contributed by atoms with Crippen LogP contribution in [-0.4, -0.2) is 13.4 Å². The molecule has 0 spiro atoms. The molecular weight excluding hydrogens is 264 g/mol. The van der Waals surface area contributed by atoms with Crippen molar-refractivity contribution >= 4 is 21.5 Å². The van der Waals surface area contributed by atoms with Crippen molar-refractivity contribution in [1.29, 1.82) is 5.26 Å². The Balaban J connectivity index is 2.38. The largest absolute Gasteiger partial charge is 0.384 e. The van der Waals surface area contributed by atoms with Gasteiger partial charge in [-0.3, -0.25) is 4.72 Å². The summed E-state index contributed by atoms with van der Waals surface area (Å²) in [5.74, 6) is 0.292. The molecule has 19 heavy (non-hydrogen) atoms. The first-order valence-corrected chi connectivity index (χ1v) is 6.75. The molecule has 0 unspecified atom stereocenters. The molecule has 7 heteroatoms. The number of nitrogen functional groups attached to an aromatic ring is 1. The summed E-state index contributed by atoms with van der Waals surface area (Å²) in [6.45, 7) is 0. The minimum Gasteiger partial charge on any atom is -0.384 e. The van der Waals surface area contributed by atoms with Crippen molar-refractivity contribution < 1.29 is 8.42 Å². The van der Waals surface area contributed by atoms with E-state index in [4.69, 9.17) is 11.0 Å². The van der Waals surface area contributed by atoms with Crippen molar-refractivity contribution in [3.63, 3.8) is 0 Å². The number of hydrogen-bond donors (Lipinski definition) is 2. The van der Waals surface area contributed by atoms with Crippen LogP contribution in [0.4, 0.5) is 11.5 Å². The van der Waals surface area contributed by atoms with Crippen molar-refractivity contribution in [1.82, 2.24) is 4.98 Å². The van der Waals surface area contributed by atoms with Gasteiger partial charge in [0.2, 0.25) is 0 Å². The van der Waals surface area contributed by atoms with Gasteiger partial charge in [-0.25, -0.2) is 13.4 Å². The van der Waals surface area contributed by atoms with E-state index in [1.54, 1.807) is 12.1 Å². The average molecular weight is 274 g/mol. The molecule has 1 aromatic carbocycles. The second-order valence-corrected chi connectivity index (χ2v) is 5.34. The van der Waals surface area contributed by atoms with Crippen LogP contribution in [0.2, 0.25) is 0 Å². The van der Waals surface area contributed by atoms with E-state index in [0.29, 0.717) is 5.82 Å². The van der Waals surface area contributed by atoms with E-state index in [2.05, 4.69) is 9.71 Å². The number of nitriles is 1. The lowest BCUT2D eigenvalue weighted by molar-refractivity contribution is 0.601. The summed E-state index contributed by atoms with van der Waals surface area (Å²) in [4.78, 5) is 3.71. The summed E-state index contributed by atoms with van der Waals surface area (Å²) in [5, 5.41) is 8.91. The first kappa shape index (κ1) is 12.9. The highest BCUT2D eigenvalue weighted by atomic mass is 32.2. The zero-order chi connectivity index (χ0) is 13.9. The van der Waals surface area contributed by atoms with Gasteiger partial charge in [0.05, 0.1) is 17.4 Å². The van der Waals surface area contributed by atoms with Gasteiger partial charge >= 0.3 is 0 Å². The van der Waals surface area contributed by atoms with E-state index in [-0.39, 0.29) is 16.1 Å². The Kier molecular flexibility index (Phi) is 3.35. The highest BCUT2D eigenvalue weighted by Crippen LogP contribution is 2.18. The molecule has 2 rings (SSSR count). The van der Waals surface area contributed by atoms with Crippen LogP contribution in [0.3, 0.4) is 0 Å². The molecule has 2 aromatic rings. The number of nitrogens with two attached hydrogens (primary N) is 1. The summed E-state index contributed by atoms with van der Waals surface area (Å²) >= 11 is 0. The van der Waals surface area contributed by atoms with Crippen LogP contribution < -0.4 is 10.5 Å². The fraction of sp³-hybridized carbons (Fsp3) is 0. The van der Waals surface area contributed by atoms with E-state index in [1.165, 1.54) is 30.5 Å². The Labute approximate surface area is 110 Å². The summed E-state index contributed by atoms with van der Waals surface area (Å²) in [6.07, 6.45) is 1.31. The lowest BCUT2D eigenvalue weighted by Crippen LogP contribution is -2.14. The monoisotopic (exact) mass is 274 g/mol. The predicted molar refractivity (Wildman–Crippen MR) is 70.6 cm³/mol. The maximum atomic E-state index is 12.1. The molecule has 0 aliphatic rings. The number of nitrogens with zero attached hydrogens (tertiary/aromatic N) is 2. The normalized spacial score (nSPS) is 10.7. The first-order valence-electron chi connectivity index (χ1n) is 5.26. The lowest BCUT2D eigenvalue weighted by atomic mass is 10.2. The van der Waals surface area contributed by atoms with Gasteiger partial charge in [0.1, 0.15) is 16.8 Å². The van der Waals surface area contributed by atoms with Gasteiger partial charge in [0, 0.05) is 0 Å². The van der Waals surface area contributed by atoms with Gasteiger partial charge in [0.25, 0.3) is 10.0 Å². The van der Waals surface area contributed by atoms with E-state index in [1.807, 2.05) is 6.07 Å². The number of aromatic nitrogens is 1. The number of hydrogen-bond acceptors (Lipinski definition) is 5. The fourth-order valence-electron chi connectivity index (χ4n) is 1.47. The van der Waals surface area contributed by atoms with Gasteiger partial charge in [-0.1, -0.05) is 12.1 Å². The average Bonchev–Trinajstić information content (AvgIpc) is 2.41.